The first kappa shape index (κ1) is 16.8. The van der Waals surface area contributed by atoms with Crippen molar-refractivity contribution >= 4 is 5.82 Å². The highest BCUT2D eigenvalue weighted by Crippen LogP contribution is 2.30. The topological polar surface area (TPSA) is 89.7 Å². The van der Waals surface area contributed by atoms with Crippen LogP contribution in [0.5, 0.6) is 5.75 Å². The highest BCUT2D eigenvalue weighted by Gasteiger charge is 2.11. The molecule has 0 aliphatic rings. The molecule has 1 aromatic carbocycles. The minimum Gasteiger partial charge on any atom is -0.493 e. The number of nitrogens with one attached hydrogen (secondary N) is 1. The summed E-state index contributed by atoms with van der Waals surface area (Å²) in [7, 11) is 1.57. The van der Waals surface area contributed by atoms with Crippen LogP contribution in [-0.4, -0.2) is 27.0 Å². The number of aryl methyl sites for hydroxylation is 1. The fourth-order valence-corrected chi connectivity index (χ4v) is 3.02. The molecule has 3 aromatic heterocycles. The third-order valence-corrected chi connectivity index (χ3v) is 4.48. The molecule has 0 aliphatic carbocycles. The third-order valence-electron chi connectivity index (χ3n) is 4.48. The predicted molar refractivity (Wildman–Crippen MR) is 106 cm³/mol. The summed E-state index contributed by atoms with van der Waals surface area (Å²) in [6.07, 6.45) is 7.09. The van der Waals surface area contributed by atoms with Crippen LogP contribution in [0.1, 0.15) is 5.56 Å². The highest BCUT2D eigenvalue weighted by atomic mass is 16.5. The Morgan fingerprint density at radius 3 is 2.48 bits per heavy atom. The molecule has 0 radical (unpaired) electrons. The molecule has 134 valence electrons. The van der Waals surface area contributed by atoms with Crippen molar-refractivity contribution in [1.82, 2.24) is 19.9 Å². The van der Waals surface area contributed by atoms with E-state index in [1.165, 1.54) is 0 Å². The molecule has 0 unspecified atom stereocenters. The molecule has 0 amide bonds. The van der Waals surface area contributed by atoms with Crippen LogP contribution < -0.4 is 10.5 Å². The summed E-state index contributed by atoms with van der Waals surface area (Å²) < 4.78 is 5.25. The monoisotopic (exact) mass is 357 g/mol. The van der Waals surface area contributed by atoms with Crippen molar-refractivity contribution in [2.75, 3.05) is 12.8 Å². The largest absolute Gasteiger partial charge is 0.493 e. The van der Waals surface area contributed by atoms with Crippen molar-refractivity contribution in [1.29, 1.82) is 0 Å². The SMILES string of the molecule is COc1cc(-c2cnc(-c3ccc(-c4ccncc4)cc3C)[nH]2)cnc1N. The van der Waals surface area contributed by atoms with E-state index in [-0.39, 0.29) is 0 Å². The average molecular weight is 357 g/mol. The minimum absolute atomic E-state index is 0.364. The van der Waals surface area contributed by atoms with E-state index in [1.807, 2.05) is 18.2 Å². The number of nitrogen functional groups attached to an aromatic ring is 1. The number of pyridine rings is 2. The number of hydrogen-bond acceptors (Lipinski definition) is 5. The van der Waals surface area contributed by atoms with Crippen LogP contribution in [0.3, 0.4) is 0 Å². The predicted octanol–water partition coefficient (Wildman–Crippen LogP) is 4.10. The number of aromatic amines is 1. The van der Waals surface area contributed by atoms with Crippen molar-refractivity contribution < 1.29 is 4.74 Å². The maximum absolute atomic E-state index is 5.79. The van der Waals surface area contributed by atoms with Gasteiger partial charge >= 0.3 is 0 Å². The molecule has 0 spiro atoms. The highest BCUT2D eigenvalue weighted by molar-refractivity contribution is 5.72. The molecular weight excluding hydrogens is 338 g/mol. The molecule has 6 heteroatoms. The second-order valence-corrected chi connectivity index (χ2v) is 6.22. The standard InChI is InChI=1S/C21H19N5O/c1-13-9-15(14-5-7-23-8-6-14)3-4-17(13)21-25-12-18(26-21)16-10-19(27-2)20(22)24-11-16/h3-12H,1-2H3,(H2,22,24)(H,25,26). The number of aromatic nitrogens is 4. The van der Waals surface area contributed by atoms with Crippen LogP contribution in [0.4, 0.5) is 5.82 Å². The number of nitrogens with zero attached hydrogens (tertiary/aromatic N) is 3. The summed E-state index contributed by atoms with van der Waals surface area (Å²) >= 11 is 0. The molecule has 3 heterocycles. The zero-order chi connectivity index (χ0) is 18.8. The van der Waals surface area contributed by atoms with E-state index >= 15 is 0 Å². The van der Waals surface area contributed by atoms with Gasteiger partial charge in [0.2, 0.25) is 0 Å². The second kappa shape index (κ2) is 6.92. The first-order chi connectivity index (χ1) is 13.2. The van der Waals surface area contributed by atoms with Crippen LogP contribution in [0, 0.1) is 6.92 Å². The van der Waals surface area contributed by atoms with Gasteiger partial charge in [-0.2, -0.15) is 0 Å². The van der Waals surface area contributed by atoms with Gasteiger partial charge in [-0.15, -0.1) is 0 Å². The Kier molecular flexibility index (Phi) is 4.30. The Morgan fingerprint density at radius 1 is 0.926 bits per heavy atom. The van der Waals surface area contributed by atoms with Gasteiger partial charge in [-0.25, -0.2) is 9.97 Å². The molecule has 3 N–H and O–H groups in total. The maximum atomic E-state index is 5.79. The Morgan fingerprint density at radius 2 is 1.74 bits per heavy atom. The second-order valence-electron chi connectivity index (χ2n) is 6.22. The Labute approximate surface area is 157 Å². The zero-order valence-electron chi connectivity index (χ0n) is 15.1. The molecule has 0 saturated carbocycles. The van der Waals surface area contributed by atoms with E-state index in [4.69, 9.17) is 10.5 Å². The molecule has 27 heavy (non-hydrogen) atoms. The van der Waals surface area contributed by atoms with Crippen molar-refractivity contribution in [2.24, 2.45) is 0 Å². The van der Waals surface area contributed by atoms with Gasteiger partial charge in [-0.05, 0) is 41.8 Å². The summed E-state index contributed by atoms with van der Waals surface area (Å²) in [5.74, 6) is 1.71. The molecule has 0 saturated heterocycles. The minimum atomic E-state index is 0.364. The number of hydrogen-bond donors (Lipinski definition) is 2. The fraction of sp³-hybridized carbons (Fsp3) is 0.0952. The van der Waals surface area contributed by atoms with E-state index < -0.39 is 0 Å². The van der Waals surface area contributed by atoms with E-state index in [0.29, 0.717) is 11.6 Å². The van der Waals surface area contributed by atoms with Crippen LogP contribution in [-0.2, 0) is 0 Å². The smallest absolute Gasteiger partial charge is 0.166 e. The molecule has 0 aliphatic heterocycles. The van der Waals surface area contributed by atoms with Crippen molar-refractivity contribution in [3.05, 3.63) is 66.7 Å². The summed E-state index contributed by atoms with van der Waals surface area (Å²) in [6, 6.07) is 12.2. The van der Waals surface area contributed by atoms with Crippen molar-refractivity contribution in [3.63, 3.8) is 0 Å². The lowest BCUT2D eigenvalue weighted by Crippen LogP contribution is -1.96. The average Bonchev–Trinajstić information content (AvgIpc) is 3.19. The molecule has 6 nitrogen and oxygen atoms in total. The van der Waals surface area contributed by atoms with Crippen molar-refractivity contribution in [3.8, 4) is 39.5 Å². The van der Waals surface area contributed by atoms with Crippen molar-refractivity contribution in [2.45, 2.75) is 6.92 Å². The molecule has 4 rings (SSSR count). The maximum Gasteiger partial charge on any atom is 0.166 e. The Hall–Kier alpha value is -3.67. The number of anilines is 1. The fourth-order valence-electron chi connectivity index (χ4n) is 3.02. The normalized spacial score (nSPS) is 10.7. The summed E-state index contributed by atoms with van der Waals surface area (Å²) in [5, 5.41) is 0. The van der Waals surface area contributed by atoms with Gasteiger partial charge < -0.3 is 15.5 Å². The molecule has 0 fully saturated rings. The summed E-state index contributed by atoms with van der Waals surface area (Å²) in [6.45, 7) is 2.08. The molecule has 4 aromatic rings. The van der Waals surface area contributed by atoms with Crippen LogP contribution in [0.25, 0.3) is 33.8 Å². The van der Waals surface area contributed by atoms with Gasteiger partial charge in [0.05, 0.1) is 19.0 Å². The van der Waals surface area contributed by atoms with Crippen LogP contribution >= 0.6 is 0 Å². The van der Waals surface area contributed by atoms with Gasteiger partial charge in [-0.1, -0.05) is 18.2 Å². The molecule has 0 atom stereocenters. The Bertz CT molecular complexity index is 1090. The lowest BCUT2D eigenvalue weighted by atomic mass is 10.0. The number of ether oxygens (including phenoxy) is 1. The number of H-pyrrole nitrogens is 1. The Balaban J connectivity index is 1.67. The van der Waals surface area contributed by atoms with E-state index in [0.717, 1.165) is 39.3 Å². The molecule has 0 bridgehead atoms. The molecular formula is C21H19N5O. The number of imidazole rings is 1. The number of rotatable bonds is 4. The van der Waals surface area contributed by atoms with Crippen LogP contribution in [0.2, 0.25) is 0 Å². The number of methoxy groups -OCH3 is 1. The van der Waals surface area contributed by atoms with Gasteiger partial charge in [0.15, 0.2) is 11.6 Å². The lowest BCUT2D eigenvalue weighted by molar-refractivity contribution is 0.415. The summed E-state index contributed by atoms with van der Waals surface area (Å²) in [5.41, 5.74) is 12.0. The first-order valence-electron chi connectivity index (χ1n) is 8.52. The number of nitrogens with two attached hydrogens (primary N) is 1. The van der Waals surface area contributed by atoms with E-state index in [2.05, 4.69) is 45.1 Å². The van der Waals surface area contributed by atoms with E-state index in [1.54, 1.807) is 31.9 Å². The van der Waals surface area contributed by atoms with E-state index in [9.17, 15) is 0 Å². The quantitative estimate of drug-likeness (QED) is 0.574. The third kappa shape index (κ3) is 3.25. The van der Waals surface area contributed by atoms with Gasteiger partial charge in [0, 0.05) is 29.7 Å². The summed E-state index contributed by atoms with van der Waals surface area (Å²) in [4.78, 5) is 16.1. The first-order valence-corrected chi connectivity index (χ1v) is 8.52. The zero-order valence-corrected chi connectivity index (χ0v) is 15.1. The van der Waals surface area contributed by atoms with Gasteiger partial charge in [-0.3, -0.25) is 4.98 Å². The van der Waals surface area contributed by atoms with Crippen LogP contribution in [0.15, 0.2) is 61.2 Å². The lowest BCUT2D eigenvalue weighted by Gasteiger charge is -2.07. The number of benzene rings is 1. The van der Waals surface area contributed by atoms with Gasteiger partial charge in [0.25, 0.3) is 0 Å². The van der Waals surface area contributed by atoms with Gasteiger partial charge in [0.1, 0.15) is 5.82 Å².